The molecule has 0 aliphatic heterocycles. The molecule has 0 saturated heterocycles. The first-order valence-electron chi connectivity index (χ1n) is 9.18. The molecule has 0 atom stereocenters. The Morgan fingerprint density at radius 2 is 1.90 bits per heavy atom. The van der Waals surface area contributed by atoms with Gasteiger partial charge in [0.2, 0.25) is 11.8 Å². The Morgan fingerprint density at radius 1 is 1.14 bits per heavy atom. The normalized spacial score (nSPS) is 12.7. The Kier molecular flexibility index (Phi) is 7.46. The van der Waals surface area contributed by atoms with Crippen LogP contribution in [0.5, 0.6) is 5.88 Å². The second-order valence-corrected chi connectivity index (χ2v) is 7.33. The van der Waals surface area contributed by atoms with E-state index in [2.05, 4.69) is 30.3 Å². The van der Waals surface area contributed by atoms with Gasteiger partial charge < -0.3 is 19.8 Å². The van der Waals surface area contributed by atoms with E-state index in [0.29, 0.717) is 31.5 Å². The van der Waals surface area contributed by atoms with Crippen LogP contribution in [-0.4, -0.2) is 35.3 Å². The highest BCUT2D eigenvalue weighted by Gasteiger charge is 2.28. The first kappa shape index (κ1) is 22.5. The lowest BCUT2D eigenvalue weighted by atomic mass is 9.94. The summed E-state index contributed by atoms with van der Waals surface area (Å²) in [5.41, 5.74) is 0.611. The van der Waals surface area contributed by atoms with Crippen LogP contribution in [0.25, 0.3) is 0 Å². The fourth-order valence-corrected chi connectivity index (χ4v) is 2.16. The van der Waals surface area contributed by atoms with E-state index in [1.807, 2.05) is 27.7 Å². The lowest BCUT2D eigenvalue weighted by Crippen LogP contribution is -2.36. The topological polar surface area (TPSA) is 84.6 Å². The summed E-state index contributed by atoms with van der Waals surface area (Å²) in [7, 11) is 0. The van der Waals surface area contributed by atoms with Crippen LogP contribution in [-0.2, 0) is 18.5 Å². The summed E-state index contributed by atoms with van der Waals surface area (Å²) >= 11 is 0. The second-order valence-electron chi connectivity index (χ2n) is 7.33. The maximum absolute atomic E-state index is 12.2. The number of nitrogens with zero attached hydrogens (tertiary/aromatic N) is 3. The molecule has 29 heavy (non-hydrogen) atoms. The molecule has 0 unspecified atom stereocenters. The standard InChI is InChI=1S/C19H26F3N5O2/c1-5-23-17(27-11-16-25-10-14(29-16)18(2,3)4)26-9-13-6-7-15(24-8-13)28-12-19(20,21)22/h6-8,10H,5,9,11-12H2,1-4H3,(H2,23,26,27). The molecule has 0 fully saturated rings. The van der Waals surface area contributed by atoms with Crippen LogP contribution in [0.4, 0.5) is 13.2 Å². The third-order valence-electron chi connectivity index (χ3n) is 3.65. The minimum atomic E-state index is -4.40. The van der Waals surface area contributed by atoms with E-state index in [1.54, 1.807) is 12.3 Å². The molecule has 2 aromatic heterocycles. The zero-order chi connectivity index (χ0) is 21.5. The van der Waals surface area contributed by atoms with Gasteiger partial charge in [-0.1, -0.05) is 26.8 Å². The predicted molar refractivity (Wildman–Crippen MR) is 103 cm³/mol. The number of guanidine groups is 1. The van der Waals surface area contributed by atoms with Crippen molar-refractivity contribution in [3.8, 4) is 5.88 Å². The summed E-state index contributed by atoms with van der Waals surface area (Å²) in [5.74, 6) is 1.82. The molecule has 2 N–H and O–H groups in total. The highest BCUT2D eigenvalue weighted by Crippen LogP contribution is 2.22. The number of aromatic nitrogens is 2. The number of nitrogens with one attached hydrogen (secondary N) is 2. The Bertz CT molecular complexity index is 795. The van der Waals surface area contributed by atoms with Crippen molar-refractivity contribution in [3.05, 3.63) is 41.7 Å². The summed E-state index contributed by atoms with van der Waals surface area (Å²) in [4.78, 5) is 12.6. The molecular weight excluding hydrogens is 387 g/mol. The molecule has 0 radical (unpaired) electrons. The summed E-state index contributed by atoms with van der Waals surface area (Å²) in [5, 5.41) is 6.24. The Labute approximate surface area is 167 Å². The van der Waals surface area contributed by atoms with E-state index in [0.717, 1.165) is 11.3 Å². The number of pyridine rings is 1. The minimum absolute atomic E-state index is 0.0846. The van der Waals surface area contributed by atoms with E-state index in [4.69, 9.17) is 4.42 Å². The van der Waals surface area contributed by atoms with Crippen LogP contribution in [0.2, 0.25) is 0 Å². The third-order valence-corrected chi connectivity index (χ3v) is 3.65. The highest BCUT2D eigenvalue weighted by atomic mass is 19.4. The van der Waals surface area contributed by atoms with Gasteiger partial charge in [-0.05, 0) is 12.5 Å². The quantitative estimate of drug-likeness (QED) is 0.533. The van der Waals surface area contributed by atoms with Gasteiger partial charge in [0.25, 0.3) is 0 Å². The molecular formula is C19H26F3N5O2. The molecule has 7 nitrogen and oxygen atoms in total. The van der Waals surface area contributed by atoms with Gasteiger partial charge in [-0.15, -0.1) is 0 Å². The van der Waals surface area contributed by atoms with Crippen molar-refractivity contribution < 1.29 is 22.3 Å². The van der Waals surface area contributed by atoms with Crippen molar-refractivity contribution in [1.29, 1.82) is 0 Å². The Balaban J connectivity index is 1.92. The number of alkyl halides is 3. The first-order valence-corrected chi connectivity index (χ1v) is 9.18. The van der Waals surface area contributed by atoms with Crippen molar-refractivity contribution in [1.82, 2.24) is 20.6 Å². The van der Waals surface area contributed by atoms with Crippen LogP contribution in [0.3, 0.4) is 0 Å². The Hall–Kier alpha value is -2.78. The van der Waals surface area contributed by atoms with Crippen LogP contribution in [0.15, 0.2) is 33.9 Å². The van der Waals surface area contributed by atoms with Crippen molar-refractivity contribution >= 4 is 5.96 Å². The lowest BCUT2D eigenvalue weighted by molar-refractivity contribution is -0.154. The van der Waals surface area contributed by atoms with Gasteiger partial charge in [0.15, 0.2) is 12.6 Å². The molecule has 2 heterocycles. The first-order chi connectivity index (χ1) is 13.6. The van der Waals surface area contributed by atoms with Gasteiger partial charge in [-0.2, -0.15) is 13.2 Å². The summed E-state index contributed by atoms with van der Waals surface area (Å²) < 4.78 is 46.8. The number of halogens is 3. The maximum Gasteiger partial charge on any atom is 0.422 e. The molecule has 2 rings (SSSR count). The zero-order valence-electron chi connectivity index (χ0n) is 16.9. The number of rotatable bonds is 7. The number of hydrogen-bond acceptors (Lipinski definition) is 5. The summed E-state index contributed by atoms with van der Waals surface area (Å²) in [6.07, 6.45) is -1.24. The van der Waals surface area contributed by atoms with Crippen molar-refractivity contribution in [2.75, 3.05) is 13.2 Å². The number of aliphatic imine (C=N–C) groups is 1. The van der Waals surface area contributed by atoms with Crippen LogP contribution in [0, 0.1) is 0 Å². The molecule has 0 spiro atoms. The average molecular weight is 413 g/mol. The number of hydrogen-bond donors (Lipinski definition) is 2. The molecule has 0 saturated carbocycles. The zero-order valence-corrected chi connectivity index (χ0v) is 16.9. The van der Waals surface area contributed by atoms with E-state index in [-0.39, 0.29) is 11.3 Å². The molecule has 0 aliphatic carbocycles. The average Bonchev–Trinajstić information content (AvgIpc) is 3.12. The monoisotopic (exact) mass is 413 g/mol. The molecule has 160 valence electrons. The Morgan fingerprint density at radius 3 is 2.45 bits per heavy atom. The smallest absolute Gasteiger partial charge is 0.422 e. The molecule has 0 aromatic carbocycles. The third kappa shape index (κ3) is 8.00. The van der Waals surface area contributed by atoms with Crippen LogP contribution < -0.4 is 15.4 Å². The molecule has 10 heteroatoms. The van der Waals surface area contributed by atoms with Gasteiger partial charge in [-0.25, -0.2) is 15.0 Å². The molecule has 2 aromatic rings. The van der Waals surface area contributed by atoms with Crippen LogP contribution >= 0.6 is 0 Å². The van der Waals surface area contributed by atoms with Crippen LogP contribution in [0.1, 0.15) is 44.9 Å². The largest absolute Gasteiger partial charge is 0.468 e. The predicted octanol–water partition coefficient (Wildman–Crippen LogP) is 3.56. The van der Waals surface area contributed by atoms with E-state index in [9.17, 15) is 13.2 Å². The van der Waals surface area contributed by atoms with Gasteiger partial charge >= 0.3 is 6.18 Å². The summed E-state index contributed by atoms with van der Waals surface area (Å²) in [6, 6.07) is 3.01. The molecule has 0 aliphatic rings. The summed E-state index contributed by atoms with van der Waals surface area (Å²) in [6.45, 7) is 8.02. The number of oxazole rings is 1. The van der Waals surface area contributed by atoms with E-state index < -0.39 is 12.8 Å². The van der Waals surface area contributed by atoms with Crippen molar-refractivity contribution in [2.24, 2.45) is 4.99 Å². The van der Waals surface area contributed by atoms with Crippen molar-refractivity contribution in [3.63, 3.8) is 0 Å². The number of ether oxygens (including phenoxy) is 1. The fraction of sp³-hybridized carbons (Fsp3) is 0.526. The molecule has 0 amide bonds. The lowest BCUT2D eigenvalue weighted by Gasteiger charge is -2.13. The van der Waals surface area contributed by atoms with Crippen molar-refractivity contribution in [2.45, 2.75) is 52.4 Å². The highest BCUT2D eigenvalue weighted by molar-refractivity contribution is 5.79. The fourth-order valence-electron chi connectivity index (χ4n) is 2.16. The maximum atomic E-state index is 12.2. The van der Waals surface area contributed by atoms with Gasteiger partial charge in [0, 0.05) is 24.2 Å². The van der Waals surface area contributed by atoms with Gasteiger partial charge in [0.05, 0.1) is 19.3 Å². The van der Waals surface area contributed by atoms with Gasteiger partial charge in [-0.3, -0.25) is 0 Å². The van der Waals surface area contributed by atoms with E-state index >= 15 is 0 Å². The van der Waals surface area contributed by atoms with Gasteiger partial charge in [0.1, 0.15) is 5.76 Å². The molecule has 0 bridgehead atoms. The second kappa shape index (κ2) is 9.62. The minimum Gasteiger partial charge on any atom is -0.468 e. The van der Waals surface area contributed by atoms with E-state index in [1.165, 1.54) is 12.3 Å². The SMILES string of the molecule is CCNC(=NCc1ccc(OCC(F)(F)F)nc1)NCc1ncc(C(C)(C)C)o1.